The fourth-order valence-electron chi connectivity index (χ4n) is 6.48. The van der Waals surface area contributed by atoms with E-state index < -0.39 is 141 Å². The quantitative estimate of drug-likeness (QED) is 0.0825. The lowest BCUT2D eigenvalue weighted by Gasteiger charge is -2.44. The summed E-state index contributed by atoms with van der Waals surface area (Å²) in [7, 11) is 1.05. The Morgan fingerprint density at radius 3 is 1.44 bits per heavy atom. The summed E-state index contributed by atoms with van der Waals surface area (Å²) in [6.45, 7) is -3.11. The SMILES string of the molecule is COCCOCOC(CC(C)(F)C(=O)OC1CC2CC1C(CC(O)(C(F)(F)F)C(F)(F)F)C2CC(O)(C(F)(F)F)C(F)(F)F)(C(F)(F)F)C(F)(F)F. The number of carbonyl (C=O) groups is 1. The van der Waals surface area contributed by atoms with E-state index in [1.807, 2.05) is 0 Å². The van der Waals surface area contributed by atoms with E-state index in [0.29, 0.717) is 0 Å². The molecule has 2 aliphatic carbocycles. The molecule has 6 unspecified atom stereocenters. The highest BCUT2D eigenvalue weighted by Crippen LogP contribution is 2.62. The van der Waals surface area contributed by atoms with Crippen molar-refractivity contribution in [3.05, 3.63) is 0 Å². The molecular weight excluding hydrogens is 785 g/mol. The van der Waals surface area contributed by atoms with Gasteiger partial charge in [-0.2, -0.15) is 79.0 Å². The van der Waals surface area contributed by atoms with Crippen LogP contribution in [-0.2, 0) is 23.7 Å². The standard InChI is InChI=1S/C26H29F19O7/c1-17(27,9-20(25(40,41)42,26(43,44)45)51-10-50-4-3-49-2)16(46)52-15-6-11-5-12(15)14(8-19(48,23(34,35)36)24(37,38)39)13(11)7-18(47,21(28,29)30)22(31,32)33/h11-15,47-48H,3-10H2,1-2H3. The molecule has 2 N–H and O–H groups in total. The monoisotopic (exact) mass is 814 g/mol. The van der Waals surface area contributed by atoms with Gasteiger partial charge in [0.25, 0.3) is 16.8 Å². The van der Waals surface area contributed by atoms with Crippen LogP contribution in [0.1, 0.15) is 39.0 Å². The lowest BCUT2D eigenvalue weighted by atomic mass is 9.68. The molecule has 0 amide bonds. The van der Waals surface area contributed by atoms with E-state index in [2.05, 4.69) is 18.9 Å². The van der Waals surface area contributed by atoms with E-state index in [9.17, 15) is 94.0 Å². The van der Waals surface area contributed by atoms with Gasteiger partial charge in [0.15, 0.2) is 0 Å². The molecule has 2 aliphatic rings. The highest BCUT2D eigenvalue weighted by molar-refractivity contribution is 5.79. The van der Waals surface area contributed by atoms with Crippen LogP contribution in [0.15, 0.2) is 0 Å². The number of carbonyl (C=O) groups excluding carboxylic acids is 1. The maximum atomic E-state index is 15.6. The number of fused-ring (bicyclic) bond motifs is 2. The topological polar surface area (TPSA) is 94.5 Å². The van der Waals surface area contributed by atoms with Crippen LogP contribution in [0, 0.1) is 23.7 Å². The molecule has 2 fully saturated rings. The molecule has 2 saturated carbocycles. The fraction of sp³-hybridized carbons (Fsp3) is 0.962. The first-order chi connectivity index (χ1) is 22.9. The summed E-state index contributed by atoms with van der Waals surface area (Å²) in [6.07, 6.45) is -52.8. The Labute approximate surface area is 279 Å². The number of aliphatic hydroxyl groups is 2. The van der Waals surface area contributed by atoms with Gasteiger partial charge in [-0.1, -0.05) is 0 Å². The number of alkyl halides is 19. The molecule has 0 radical (unpaired) electrons. The van der Waals surface area contributed by atoms with Crippen molar-refractivity contribution in [2.75, 3.05) is 27.1 Å². The molecule has 2 bridgehead atoms. The Balaban J connectivity index is 2.55. The molecule has 26 heteroatoms. The summed E-state index contributed by atoms with van der Waals surface area (Å²) in [5, 5.41) is 19.4. The van der Waals surface area contributed by atoms with E-state index in [0.717, 1.165) is 7.11 Å². The molecule has 0 spiro atoms. The van der Waals surface area contributed by atoms with E-state index in [-0.39, 0.29) is 13.5 Å². The first-order valence-corrected chi connectivity index (χ1v) is 14.4. The second kappa shape index (κ2) is 14.5. The van der Waals surface area contributed by atoms with E-state index >= 15 is 4.39 Å². The van der Waals surface area contributed by atoms with Crippen LogP contribution in [0.2, 0.25) is 0 Å². The van der Waals surface area contributed by atoms with Gasteiger partial charge in [-0.3, -0.25) is 0 Å². The van der Waals surface area contributed by atoms with Gasteiger partial charge in [0.05, 0.1) is 13.2 Å². The molecule has 308 valence electrons. The number of hydrogen-bond donors (Lipinski definition) is 2. The zero-order chi connectivity index (χ0) is 40.9. The first-order valence-electron chi connectivity index (χ1n) is 14.4. The van der Waals surface area contributed by atoms with E-state index in [1.54, 1.807) is 0 Å². The number of rotatable bonds is 14. The van der Waals surface area contributed by atoms with Crippen LogP contribution in [0.3, 0.4) is 0 Å². The van der Waals surface area contributed by atoms with Crippen LogP contribution in [0.5, 0.6) is 0 Å². The third-order valence-corrected chi connectivity index (χ3v) is 9.23. The molecule has 0 aromatic heterocycles. The molecule has 0 aliphatic heterocycles. The van der Waals surface area contributed by atoms with Gasteiger partial charge in [0, 0.05) is 13.5 Å². The Morgan fingerprint density at radius 1 is 0.635 bits per heavy atom. The highest BCUT2D eigenvalue weighted by atomic mass is 19.4. The smallest absolute Gasteiger partial charge is 0.426 e. The van der Waals surface area contributed by atoms with Crippen molar-refractivity contribution in [2.45, 2.75) is 105 Å². The number of esters is 1. The van der Waals surface area contributed by atoms with Crippen molar-refractivity contribution in [1.29, 1.82) is 0 Å². The van der Waals surface area contributed by atoms with Gasteiger partial charge in [-0.25, -0.2) is 9.18 Å². The lowest BCUT2D eigenvalue weighted by molar-refractivity contribution is -0.399. The predicted octanol–water partition coefficient (Wildman–Crippen LogP) is 7.28. The third-order valence-electron chi connectivity index (χ3n) is 9.23. The molecule has 6 atom stereocenters. The molecule has 2 rings (SSSR count). The molecule has 52 heavy (non-hydrogen) atoms. The summed E-state index contributed by atoms with van der Waals surface area (Å²) in [4.78, 5) is 12.7. The highest BCUT2D eigenvalue weighted by Gasteiger charge is 2.77. The van der Waals surface area contributed by atoms with Gasteiger partial charge >= 0.3 is 43.0 Å². The lowest BCUT2D eigenvalue weighted by Crippen LogP contribution is -2.63. The first kappa shape index (κ1) is 46.1. The zero-order valence-corrected chi connectivity index (χ0v) is 26.2. The van der Waals surface area contributed by atoms with Gasteiger partial charge in [-0.05, 0) is 56.3 Å². The summed E-state index contributed by atoms with van der Waals surface area (Å²) in [5.74, 6) is -12.3. The van der Waals surface area contributed by atoms with Crippen molar-refractivity contribution in [2.24, 2.45) is 23.7 Å². The average Bonchev–Trinajstić information content (AvgIpc) is 3.46. The molecule has 0 aromatic carbocycles. The summed E-state index contributed by atoms with van der Waals surface area (Å²) >= 11 is 0. The van der Waals surface area contributed by atoms with Crippen molar-refractivity contribution in [1.82, 2.24) is 0 Å². The average molecular weight is 814 g/mol. The summed E-state index contributed by atoms with van der Waals surface area (Å²) in [5.41, 5.74) is -21.6. The fourth-order valence-corrected chi connectivity index (χ4v) is 6.48. The summed E-state index contributed by atoms with van der Waals surface area (Å²) in [6, 6.07) is 0. The van der Waals surface area contributed by atoms with Gasteiger partial charge < -0.3 is 29.2 Å². The second-order valence-corrected chi connectivity index (χ2v) is 12.6. The van der Waals surface area contributed by atoms with Crippen LogP contribution >= 0.6 is 0 Å². The van der Waals surface area contributed by atoms with E-state index in [1.165, 1.54) is 0 Å². The molecule has 7 nitrogen and oxygen atoms in total. The second-order valence-electron chi connectivity index (χ2n) is 12.6. The minimum atomic E-state index is -6.72. The molecule has 0 saturated heterocycles. The minimum Gasteiger partial charge on any atom is -0.460 e. The van der Waals surface area contributed by atoms with Crippen molar-refractivity contribution in [3.63, 3.8) is 0 Å². The van der Waals surface area contributed by atoms with Crippen molar-refractivity contribution >= 4 is 5.97 Å². The number of halogens is 19. The summed E-state index contributed by atoms with van der Waals surface area (Å²) < 4.78 is 278. The normalized spacial score (nSPS) is 25.4. The van der Waals surface area contributed by atoms with E-state index in [4.69, 9.17) is 0 Å². The van der Waals surface area contributed by atoms with Crippen LogP contribution in [-0.4, -0.2) is 109 Å². The Kier molecular flexibility index (Phi) is 12.9. The van der Waals surface area contributed by atoms with Gasteiger partial charge in [0.1, 0.15) is 12.9 Å². The van der Waals surface area contributed by atoms with Gasteiger partial charge in [0.2, 0.25) is 5.67 Å². The Hall–Kier alpha value is -2.06. The van der Waals surface area contributed by atoms with Crippen molar-refractivity contribution < 1.29 is 117 Å². The number of ether oxygens (including phenoxy) is 4. The maximum absolute atomic E-state index is 15.6. The number of methoxy groups -OCH3 is 1. The molecule has 0 aromatic rings. The van der Waals surface area contributed by atoms with Crippen molar-refractivity contribution in [3.8, 4) is 0 Å². The largest absolute Gasteiger partial charge is 0.460 e. The van der Waals surface area contributed by atoms with Crippen LogP contribution < -0.4 is 0 Å². The predicted molar refractivity (Wildman–Crippen MR) is 129 cm³/mol. The Morgan fingerprint density at radius 2 is 1.06 bits per heavy atom. The minimum absolute atomic E-state index is 0.219. The maximum Gasteiger partial charge on any atom is 0.426 e. The Bertz CT molecular complexity index is 1180. The van der Waals surface area contributed by atoms with Crippen LogP contribution in [0.4, 0.5) is 83.4 Å². The van der Waals surface area contributed by atoms with Gasteiger partial charge in [-0.15, -0.1) is 0 Å². The third kappa shape index (κ3) is 8.74. The molecule has 0 heterocycles. The molecular formula is C26H29F19O7. The van der Waals surface area contributed by atoms with Crippen LogP contribution in [0.25, 0.3) is 0 Å². The zero-order valence-electron chi connectivity index (χ0n) is 26.2. The number of hydrogen-bond acceptors (Lipinski definition) is 7.